The molecule has 0 spiro atoms. The molecule has 1 unspecified atom stereocenters. The SMILES string of the molecule is CC(CN)c1ccc(O)c(Cl)c1. The first-order valence-corrected chi connectivity index (χ1v) is 4.21. The van der Waals surface area contributed by atoms with E-state index < -0.39 is 0 Å². The Bertz CT molecular complexity index is 275. The van der Waals surface area contributed by atoms with Crippen LogP contribution >= 0.6 is 11.6 Å². The fraction of sp³-hybridized carbons (Fsp3) is 0.333. The van der Waals surface area contributed by atoms with Gasteiger partial charge in [0.2, 0.25) is 0 Å². The van der Waals surface area contributed by atoms with Gasteiger partial charge >= 0.3 is 0 Å². The summed E-state index contributed by atoms with van der Waals surface area (Å²) >= 11 is 5.72. The molecule has 0 aromatic heterocycles. The largest absolute Gasteiger partial charge is 0.506 e. The summed E-state index contributed by atoms with van der Waals surface area (Å²) in [7, 11) is 0. The Labute approximate surface area is 77.0 Å². The quantitative estimate of drug-likeness (QED) is 0.742. The van der Waals surface area contributed by atoms with Crippen molar-refractivity contribution in [2.45, 2.75) is 12.8 Å². The molecule has 0 amide bonds. The van der Waals surface area contributed by atoms with Gasteiger partial charge in [0, 0.05) is 0 Å². The van der Waals surface area contributed by atoms with Crippen LogP contribution in [-0.4, -0.2) is 11.7 Å². The Morgan fingerprint density at radius 3 is 2.75 bits per heavy atom. The standard InChI is InChI=1S/C9H12ClNO/c1-6(5-11)7-2-3-9(12)8(10)4-7/h2-4,6,12H,5,11H2,1H3. The molecule has 0 bridgehead atoms. The third-order valence-corrected chi connectivity index (χ3v) is 2.20. The number of phenolic OH excluding ortho intramolecular Hbond substituents is 1. The average molecular weight is 186 g/mol. The summed E-state index contributed by atoms with van der Waals surface area (Å²) in [6, 6.07) is 5.16. The zero-order valence-electron chi connectivity index (χ0n) is 6.92. The van der Waals surface area contributed by atoms with E-state index in [0.717, 1.165) is 5.56 Å². The van der Waals surface area contributed by atoms with E-state index in [-0.39, 0.29) is 11.7 Å². The second-order valence-corrected chi connectivity index (χ2v) is 3.25. The van der Waals surface area contributed by atoms with Crippen LogP contribution in [-0.2, 0) is 0 Å². The van der Waals surface area contributed by atoms with Gasteiger partial charge in [-0.2, -0.15) is 0 Å². The molecule has 0 aliphatic carbocycles. The van der Waals surface area contributed by atoms with Crippen LogP contribution in [0, 0.1) is 0 Å². The molecule has 0 saturated heterocycles. The van der Waals surface area contributed by atoms with Gasteiger partial charge in [-0.05, 0) is 30.2 Å². The van der Waals surface area contributed by atoms with E-state index in [4.69, 9.17) is 22.4 Å². The van der Waals surface area contributed by atoms with Gasteiger partial charge in [-0.15, -0.1) is 0 Å². The molecular formula is C9H12ClNO. The van der Waals surface area contributed by atoms with Crippen LogP contribution in [0.4, 0.5) is 0 Å². The van der Waals surface area contributed by atoms with Crippen LogP contribution in [0.2, 0.25) is 5.02 Å². The maximum atomic E-state index is 9.13. The highest BCUT2D eigenvalue weighted by molar-refractivity contribution is 6.32. The third kappa shape index (κ3) is 1.90. The van der Waals surface area contributed by atoms with Gasteiger partial charge in [-0.3, -0.25) is 0 Å². The summed E-state index contributed by atoms with van der Waals surface area (Å²) in [6.45, 7) is 2.60. The molecule has 1 aromatic rings. The van der Waals surface area contributed by atoms with Crippen molar-refractivity contribution >= 4 is 11.6 Å². The van der Waals surface area contributed by atoms with Crippen molar-refractivity contribution < 1.29 is 5.11 Å². The first kappa shape index (κ1) is 9.36. The zero-order valence-corrected chi connectivity index (χ0v) is 7.67. The molecule has 12 heavy (non-hydrogen) atoms. The van der Waals surface area contributed by atoms with Gasteiger partial charge < -0.3 is 10.8 Å². The van der Waals surface area contributed by atoms with Gasteiger partial charge in [0.1, 0.15) is 5.75 Å². The van der Waals surface area contributed by atoms with Crippen molar-refractivity contribution in [2.75, 3.05) is 6.54 Å². The lowest BCUT2D eigenvalue weighted by atomic mass is 10.0. The van der Waals surface area contributed by atoms with Gasteiger partial charge in [0.05, 0.1) is 5.02 Å². The fourth-order valence-electron chi connectivity index (χ4n) is 0.966. The van der Waals surface area contributed by atoms with Gasteiger partial charge in [0.25, 0.3) is 0 Å². The summed E-state index contributed by atoms with van der Waals surface area (Å²) in [6.07, 6.45) is 0. The minimum Gasteiger partial charge on any atom is -0.506 e. The van der Waals surface area contributed by atoms with Crippen LogP contribution in [0.25, 0.3) is 0 Å². The summed E-state index contributed by atoms with van der Waals surface area (Å²) < 4.78 is 0. The highest BCUT2D eigenvalue weighted by atomic mass is 35.5. The van der Waals surface area contributed by atoms with E-state index in [0.29, 0.717) is 11.6 Å². The Kier molecular flexibility index (Phi) is 2.95. The van der Waals surface area contributed by atoms with Crippen molar-refractivity contribution in [3.8, 4) is 5.75 Å². The van der Waals surface area contributed by atoms with Crippen LogP contribution in [0.5, 0.6) is 5.75 Å². The minimum absolute atomic E-state index is 0.115. The fourth-order valence-corrected chi connectivity index (χ4v) is 1.15. The first-order chi connectivity index (χ1) is 5.65. The van der Waals surface area contributed by atoms with E-state index >= 15 is 0 Å². The number of nitrogens with two attached hydrogens (primary N) is 1. The average Bonchev–Trinajstić information content (AvgIpc) is 2.08. The molecule has 3 heteroatoms. The predicted octanol–water partition coefficient (Wildman–Crippen LogP) is 2.11. The smallest absolute Gasteiger partial charge is 0.134 e. The lowest BCUT2D eigenvalue weighted by Gasteiger charge is -2.09. The van der Waals surface area contributed by atoms with Crippen LogP contribution in [0.15, 0.2) is 18.2 Å². The van der Waals surface area contributed by atoms with Gasteiger partial charge in [-0.1, -0.05) is 24.6 Å². The van der Waals surface area contributed by atoms with Crippen molar-refractivity contribution in [1.29, 1.82) is 0 Å². The first-order valence-electron chi connectivity index (χ1n) is 3.83. The summed E-state index contributed by atoms with van der Waals surface area (Å²) in [5.74, 6) is 0.396. The van der Waals surface area contributed by atoms with E-state index in [2.05, 4.69) is 0 Å². The number of halogens is 1. The second kappa shape index (κ2) is 3.78. The predicted molar refractivity (Wildman–Crippen MR) is 50.6 cm³/mol. The molecule has 0 radical (unpaired) electrons. The number of hydrogen-bond donors (Lipinski definition) is 2. The number of hydrogen-bond acceptors (Lipinski definition) is 2. The van der Waals surface area contributed by atoms with Crippen molar-refractivity contribution in [3.63, 3.8) is 0 Å². The Balaban J connectivity index is 2.96. The lowest BCUT2D eigenvalue weighted by Crippen LogP contribution is -2.08. The van der Waals surface area contributed by atoms with Crippen LogP contribution in [0.3, 0.4) is 0 Å². The molecule has 0 saturated carbocycles. The number of phenols is 1. The summed E-state index contributed by atoms with van der Waals surface area (Å²) in [5.41, 5.74) is 6.54. The normalized spacial score (nSPS) is 12.9. The van der Waals surface area contributed by atoms with Crippen molar-refractivity contribution in [2.24, 2.45) is 5.73 Å². The maximum absolute atomic E-state index is 9.13. The van der Waals surface area contributed by atoms with Crippen LogP contribution < -0.4 is 5.73 Å². The van der Waals surface area contributed by atoms with Crippen LogP contribution in [0.1, 0.15) is 18.4 Å². The monoisotopic (exact) mass is 185 g/mol. The molecule has 0 aliphatic rings. The van der Waals surface area contributed by atoms with Gasteiger partial charge in [0.15, 0.2) is 0 Å². The van der Waals surface area contributed by atoms with E-state index in [1.165, 1.54) is 0 Å². The Hall–Kier alpha value is -0.730. The maximum Gasteiger partial charge on any atom is 0.134 e. The van der Waals surface area contributed by atoms with Crippen molar-refractivity contribution in [1.82, 2.24) is 0 Å². The minimum atomic E-state index is 0.115. The highest BCUT2D eigenvalue weighted by Crippen LogP contribution is 2.26. The number of aromatic hydroxyl groups is 1. The van der Waals surface area contributed by atoms with Crippen molar-refractivity contribution in [3.05, 3.63) is 28.8 Å². The van der Waals surface area contributed by atoms with E-state index in [1.807, 2.05) is 13.0 Å². The second-order valence-electron chi connectivity index (χ2n) is 2.85. The van der Waals surface area contributed by atoms with E-state index in [1.54, 1.807) is 12.1 Å². The zero-order chi connectivity index (χ0) is 9.14. The number of rotatable bonds is 2. The Morgan fingerprint density at radius 1 is 1.58 bits per heavy atom. The molecule has 66 valence electrons. The van der Waals surface area contributed by atoms with Gasteiger partial charge in [-0.25, -0.2) is 0 Å². The molecule has 0 aliphatic heterocycles. The molecule has 2 nitrogen and oxygen atoms in total. The Morgan fingerprint density at radius 2 is 2.25 bits per heavy atom. The summed E-state index contributed by atoms with van der Waals surface area (Å²) in [4.78, 5) is 0. The molecule has 3 N–H and O–H groups in total. The molecule has 1 atom stereocenters. The molecule has 1 aromatic carbocycles. The molecule has 0 heterocycles. The molecule has 1 rings (SSSR count). The topological polar surface area (TPSA) is 46.2 Å². The lowest BCUT2D eigenvalue weighted by molar-refractivity contribution is 0.475. The third-order valence-electron chi connectivity index (χ3n) is 1.89. The number of benzene rings is 1. The molecule has 0 fully saturated rings. The molecular weight excluding hydrogens is 174 g/mol. The summed E-state index contributed by atoms with van der Waals surface area (Å²) in [5, 5.41) is 9.52. The highest BCUT2D eigenvalue weighted by Gasteiger charge is 2.05. The van der Waals surface area contributed by atoms with E-state index in [9.17, 15) is 0 Å².